The van der Waals surface area contributed by atoms with E-state index in [9.17, 15) is 23.1 Å². The van der Waals surface area contributed by atoms with Crippen LogP contribution in [0.15, 0.2) is 36.4 Å². The van der Waals surface area contributed by atoms with E-state index in [1.165, 1.54) is 29.2 Å². The lowest BCUT2D eigenvalue weighted by molar-refractivity contribution is -0.127. The zero-order chi connectivity index (χ0) is 17.0. The average molecular weight is 327 g/mol. The minimum atomic E-state index is -4.60. The largest absolute Gasteiger partial charge is 0.417 e. The van der Waals surface area contributed by atoms with Crippen LogP contribution >= 0.6 is 0 Å². The Kier molecular flexibility index (Phi) is 5.46. The van der Waals surface area contributed by atoms with E-state index in [1.807, 2.05) is 0 Å². The van der Waals surface area contributed by atoms with Crippen LogP contribution in [0.4, 0.5) is 13.2 Å². The summed E-state index contributed by atoms with van der Waals surface area (Å²) in [7, 11) is 0. The van der Waals surface area contributed by atoms with Crippen LogP contribution in [-0.4, -0.2) is 40.8 Å². The Labute approximate surface area is 133 Å². The Morgan fingerprint density at radius 2 is 2.04 bits per heavy atom. The first kappa shape index (κ1) is 17.5. The molecule has 0 aliphatic carbocycles. The number of carbonyl (C=O) groups excluding carboxylic acids is 1. The van der Waals surface area contributed by atoms with Crippen molar-refractivity contribution < 1.29 is 23.1 Å². The van der Waals surface area contributed by atoms with Gasteiger partial charge in [0.25, 0.3) is 0 Å². The molecule has 2 rings (SSSR count). The quantitative estimate of drug-likeness (QED) is 0.861. The highest BCUT2D eigenvalue weighted by Gasteiger charge is 2.37. The van der Waals surface area contributed by atoms with Gasteiger partial charge in [-0.2, -0.15) is 13.2 Å². The van der Waals surface area contributed by atoms with Crippen molar-refractivity contribution >= 4 is 11.5 Å². The van der Waals surface area contributed by atoms with Crippen molar-refractivity contribution in [3.8, 4) is 0 Å². The molecule has 2 atom stereocenters. The van der Waals surface area contributed by atoms with E-state index < -0.39 is 23.8 Å². The van der Waals surface area contributed by atoms with Crippen molar-refractivity contribution in [1.29, 1.82) is 0 Å². The van der Waals surface area contributed by atoms with Crippen LogP contribution < -0.4 is 0 Å². The lowest BCUT2D eigenvalue weighted by Gasteiger charge is -2.25. The van der Waals surface area contributed by atoms with Gasteiger partial charge in [-0.15, -0.1) is 0 Å². The Balaban J connectivity index is 2.27. The number of benzene rings is 1. The summed E-state index contributed by atoms with van der Waals surface area (Å²) in [5.41, 5.74) is -0.967. The van der Waals surface area contributed by atoms with Crippen LogP contribution in [-0.2, 0) is 4.79 Å². The van der Waals surface area contributed by atoms with E-state index in [1.54, 1.807) is 13.0 Å². The molecule has 126 valence electrons. The Hall–Kier alpha value is -1.82. The molecule has 1 fully saturated rings. The van der Waals surface area contributed by atoms with E-state index in [0.717, 1.165) is 6.42 Å². The van der Waals surface area contributed by atoms with E-state index in [0.29, 0.717) is 25.5 Å². The number of aliphatic hydroxyl groups excluding tert-OH is 1. The predicted molar refractivity (Wildman–Crippen MR) is 81.5 cm³/mol. The number of aliphatic hydroxyl groups is 1. The zero-order valence-electron chi connectivity index (χ0n) is 12.9. The number of amides is 1. The molecule has 1 aliphatic rings. The fraction of sp³-hybridized carbons (Fsp3) is 0.471. The minimum absolute atomic E-state index is 0.0281. The van der Waals surface area contributed by atoms with Crippen molar-refractivity contribution in [3.63, 3.8) is 0 Å². The van der Waals surface area contributed by atoms with Gasteiger partial charge in [0.15, 0.2) is 0 Å². The maximum atomic E-state index is 13.3. The number of hydrogen-bond donors (Lipinski definition) is 1. The highest BCUT2D eigenvalue weighted by Crippen LogP contribution is 2.34. The number of alkyl halides is 3. The van der Waals surface area contributed by atoms with Gasteiger partial charge in [0.1, 0.15) is 0 Å². The molecule has 0 saturated carbocycles. The molecule has 0 radical (unpaired) electrons. The lowest BCUT2D eigenvalue weighted by atomic mass is 10.0. The van der Waals surface area contributed by atoms with Crippen LogP contribution in [0.25, 0.3) is 5.57 Å². The van der Waals surface area contributed by atoms with Crippen molar-refractivity contribution in [3.05, 3.63) is 42.0 Å². The van der Waals surface area contributed by atoms with Gasteiger partial charge < -0.3 is 10.0 Å². The monoisotopic (exact) mass is 327 g/mol. The normalized spacial score (nSPS) is 20.7. The van der Waals surface area contributed by atoms with Crippen LogP contribution in [0.5, 0.6) is 0 Å². The summed E-state index contributed by atoms with van der Waals surface area (Å²) in [6.07, 6.45) is -2.69. The maximum absolute atomic E-state index is 13.3. The number of halogens is 3. The molecule has 1 aromatic rings. The van der Waals surface area contributed by atoms with Crippen LogP contribution in [0, 0.1) is 0 Å². The summed E-state index contributed by atoms with van der Waals surface area (Å²) in [6, 6.07) is 7.10. The number of nitrogens with zero attached hydrogens (tertiary/aromatic N) is 1. The molecule has 1 amide bonds. The third kappa shape index (κ3) is 4.58. The molecular weight excluding hydrogens is 307 g/mol. The van der Waals surface area contributed by atoms with E-state index in [4.69, 9.17) is 0 Å². The Morgan fingerprint density at radius 3 is 2.61 bits per heavy atom. The standard InChI is InChI=1S/C17H20F3NO2/c1-12(22)10-14-8-5-9-21(14)16(23)11-15(17(18,19)20)13-6-3-2-4-7-13/h2-4,6-7,11-12,14,22H,5,8-10H2,1H3/b15-11-. The van der Waals surface area contributed by atoms with Gasteiger partial charge in [-0.05, 0) is 31.7 Å². The molecule has 1 aromatic carbocycles. The van der Waals surface area contributed by atoms with Gasteiger partial charge in [-0.1, -0.05) is 30.3 Å². The molecule has 1 N–H and O–H groups in total. The topological polar surface area (TPSA) is 40.5 Å². The summed E-state index contributed by atoms with van der Waals surface area (Å²) in [4.78, 5) is 13.8. The molecule has 23 heavy (non-hydrogen) atoms. The van der Waals surface area contributed by atoms with Crippen molar-refractivity contribution in [2.75, 3.05) is 6.54 Å². The highest BCUT2D eigenvalue weighted by molar-refractivity contribution is 5.96. The van der Waals surface area contributed by atoms with Gasteiger partial charge >= 0.3 is 6.18 Å². The van der Waals surface area contributed by atoms with Crippen LogP contribution in [0.1, 0.15) is 31.7 Å². The zero-order valence-corrected chi connectivity index (χ0v) is 12.9. The molecule has 3 nitrogen and oxygen atoms in total. The summed E-state index contributed by atoms with van der Waals surface area (Å²) in [5.74, 6) is -0.649. The number of likely N-dealkylation sites (tertiary alicyclic amines) is 1. The molecule has 1 heterocycles. The first-order valence-corrected chi connectivity index (χ1v) is 7.62. The van der Waals surface area contributed by atoms with Gasteiger partial charge in [0.2, 0.25) is 5.91 Å². The fourth-order valence-corrected chi connectivity index (χ4v) is 2.92. The smallest absolute Gasteiger partial charge is 0.393 e. The molecule has 6 heteroatoms. The second kappa shape index (κ2) is 7.17. The van der Waals surface area contributed by atoms with Crippen molar-refractivity contribution in [2.45, 2.75) is 44.5 Å². The van der Waals surface area contributed by atoms with Crippen molar-refractivity contribution in [1.82, 2.24) is 4.90 Å². The summed E-state index contributed by atoms with van der Waals surface area (Å²) in [6.45, 7) is 2.04. The first-order chi connectivity index (χ1) is 10.8. The summed E-state index contributed by atoms with van der Waals surface area (Å²) in [5, 5.41) is 9.47. The number of carbonyl (C=O) groups is 1. The van der Waals surface area contributed by atoms with Gasteiger partial charge in [-0.3, -0.25) is 4.79 Å². The first-order valence-electron chi connectivity index (χ1n) is 7.62. The average Bonchev–Trinajstić information content (AvgIpc) is 2.91. The third-order valence-electron chi connectivity index (χ3n) is 3.93. The molecule has 0 bridgehead atoms. The molecule has 1 saturated heterocycles. The Morgan fingerprint density at radius 1 is 1.39 bits per heavy atom. The minimum Gasteiger partial charge on any atom is -0.393 e. The van der Waals surface area contributed by atoms with Crippen LogP contribution in [0.2, 0.25) is 0 Å². The summed E-state index contributed by atoms with van der Waals surface area (Å²) < 4.78 is 39.8. The van der Waals surface area contributed by atoms with E-state index >= 15 is 0 Å². The second-order valence-corrected chi connectivity index (χ2v) is 5.83. The molecule has 2 unspecified atom stereocenters. The van der Waals surface area contributed by atoms with Crippen molar-refractivity contribution in [2.24, 2.45) is 0 Å². The van der Waals surface area contributed by atoms with Crippen LogP contribution in [0.3, 0.4) is 0 Å². The number of hydrogen-bond acceptors (Lipinski definition) is 2. The van der Waals surface area contributed by atoms with Gasteiger partial charge in [0, 0.05) is 18.7 Å². The lowest BCUT2D eigenvalue weighted by Crippen LogP contribution is -2.36. The molecular formula is C17H20F3NO2. The van der Waals surface area contributed by atoms with Gasteiger partial charge in [-0.25, -0.2) is 0 Å². The van der Waals surface area contributed by atoms with Gasteiger partial charge in [0.05, 0.1) is 11.7 Å². The molecule has 1 aliphatic heterocycles. The highest BCUT2D eigenvalue weighted by atomic mass is 19.4. The Bertz CT molecular complexity index is 567. The number of rotatable bonds is 4. The predicted octanol–water partition coefficient (Wildman–Crippen LogP) is 3.39. The fourth-order valence-electron chi connectivity index (χ4n) is 2.92. The van der Waals surface area contributed by atoms with E-state index in [-0.39, 0.29) is 11.6 Å². The summed E-state index contributed by atoms with van der Waals surface area (Å²) >= 11 is 0. The SMILES string of the molecule is CC(O)CC1CCCN1C(=O)/C=C(/c1ccccc1)C(F)(F)F. The number of allylic oxidation sites excluding steroid dienone is 1. The van der Waals surface area contributed by atoms with E-state index in [2.05, 4.69) is 0 Å². The maximum Gasteiger partial charge on any atom is 0.417 e. The second-order valence-electron chi connectivity index (χ2n) is 5.83. The molecule has 0 aromatic heterocycles. The third-order valence-corrected chi connectivity index (χ3v) is 3.93. The molecule has 0 spiro atoms.